The van der Waals surface area contributed by atoms with Crippen LogP contribution in [0.15, 0.2) is 42.6 Å². The SMILES string of the molecule is CCN(CC)c1ccc(CNCc2cccc(C#N)c2)cn1. The molecule has 0 spiro atoms. The molecule has 0 amide bonds. The van der Waals surface area contributed by atoms with Gasteiger partial charge in [0.2, 0.25) is 0 Å². The van der Waals surface area contributed by atoms with Crippen LogP contribution in [-0.2, 0) is 13.1 Å². The van der Waals surface area contributed by atoms with Gasteiger partial charge in [0.05, 0.1) is 11.6 Å². The van der Waals surface area contributed by atoms with Crippen molar-refractivity contribution in [3.8, 4) is 6.07 Å². The van der Waals surface area contributed by atoms with Crippen LogP contribution in [0.4, 0.5) is 5.82 Å². The van der Waals surface area contributed by atoms with E-state index in [1.807, 2.05) is 30.5 Å². The summed E-state index contributed by atoms with van der Waals surface area (Å²) in [7, 11) is 0. The summed E-state index contributed by atoms with van der Waals surface area (Å²) >= 11 is 0. The van der Waals surface area contributed by atoms with Crippen molar-refractivity contribution in [2.45, 2.75) is 26.9 Å². The molecule has 1 heterocycles. The summed E-state index contributed by atoms with van der Waals surface area (Å²) in [6.45, 7) is 7.72. The highest BCUT2D eigenvalue weighted by Gasteiger charge is 2.03. The van der Waals surface area contributed by atoms with Crippen LogP contribution in [0.2, 0.25) is 0 Å². The predicted octanol–water partition coefficient (Wildman–Crippen LogP) is 3.09. The second-order valence-corrected chi connectivity index (χ2v) is 5.11. The molecular formula is C18H22N4. The van der Waals surface area contributed by atoms with Crippen LogP contribution in [0.5, 0.6) is 0 Å². The zero-order valence-electron chi connectivity index (χ0n) is 13.2. The van der Waals surface area contributed by atoms with E-state index in [4.69, 9.17) is 5.26 Å². The maximum atomic E-state index is 8.89. The first-order chi connectivity index (χ1) is 10.8. The second kappa shape index (κ2) is 8.16. The average Bonchev–Trinajstić information content (AvgIpc) is 2.57. The molecule has 0 atom stereocenters. The Morgan fingerprint density at radius 3 is 2.50 bits per heavy atom. The maximum Gasteiger partial charge on any atom is 0.128 e. The number of pyridine rings is 1. The molecule has 4 nitrogen and oxygen atoms in total. The van der Waals surface area contributed by atoms with Crippen molar-refractivity contribution in [2.24, 2.45) is 0 Å². The fourth-order valence-corrected chi connectivity index (χ4v) is 2.36. The minimum Gasteiger partial charge on any atom is -0.357 e. The third-order valence-electron chi connectivity index (χ3n) is 3.61. The molecule has 22 heavy (non-hydrogen) atoms. The lowest BCUT2D eigenvalue weighted by atomic mass is 10.1. The van der Waals surface area contributed by atoms with Crippen molar-refractivity contribution in [3.05, 3.63) is 59.3 Å². The molecule has 0 saturated carbocycles. The van der Waals surface area contributed by atoms with Gasteiger partial charge in [0.1, 0.15) is 5.82 Å². The first-order valence-corrected chi connectivity index (χ1v) is 7.66. The van der Waals surface area contributed by atoms with Crippen molar-refractivity contribution in [1.29, 1.82) is 5.26 Å². The number of aromatic nitrogens is 1. The minimum atomic E-state index is 0.699. The zero-order valence-corrected chi connectivity index (χ0v) is 13.2. The van der Waals surface area contributed by atoms with Gasteiger partial charge in [-0.05, 0) is 43.2 Å². The van der Waals surface area contributed by atoms with Gasteiger partial charge in [-0.25, -0.2) is 4.98 Å². The number of nitrogens with one attached hydrogen (secondary N) is 1. The van der Waals surface area contributed by atoms with E-state index in [-0.39, 0.29) is 0 Å². The smallest absolute Gasteiger partial charge is 0.128 e. The van der Waals surface area contributed by atoms with Crippen LogP contribution >= 0.6 is 0 Å². The first-order valence-electron chi connectivity index (χ1n) is 7.66. The summed E-state index contributed by atoms with van der Waals surface area (Å²) < 4.78 is 0. The summed E-state index contributed by atoms with van der Waals surface area (Å²) in [6.07, 6.45) is 1.92. The number of rotatable bonds is 7. The average molecular weight is 294 g/mol. The first kappa shape index (κ1) is 16.0. The van der Waals surface area contributed by atoms with Crippen LogP contribution in [-0.4, -0.2) is 18.1 Å². The van der Waals surface area contributed by atoms with Gasteiger partial charge in [0, 0.05) is 32.4 Å². The van der Waals surface area contributed by atoms with Crippen molar-refractivity contribution in [1.82, 2.24) is 10.3 Å². The summed E-state index contributed by atoms with van der Waals surface area (Å²) in [5.41, 5.74) is 2.98. The molecular weight excluding hydrogens is 272 g/mol. The minimum absolute atomic E-state index is 0.699. The van der Waals surface area contributed by atoms with Crippen LogP contribution in [0.3, 0.4) is 0 Å². The largest absolute Gasteiger partial charge is 0.357 e. The molecule has 4 heteroatoms. The van der Waals surface area contributed by atoms with E-state index in [1.54, 1.807) is 0 Å². The number of benzene rings is 1. The Balaban J connectivity index is 1.88. The van der Waals surface area contributed by atoms with Crippen molar-refractivity contribution < 1.29 is 0 Å². The van der Waals surface area contributed by atoms with Gasteiger partial charge in [-0.15, -0.1) is 0 Å². The summed E-state index contributed by atoms with van der Waals surface area (Å²) in [4.78, 5) is 6.74. The predicted molar refractivity (Wildman–Crippen MR) is 89.5 cm³/mol. The van der Waals surface area contributed by atoms with E-state index in [2.05, 4.69) is 47.3 Å². The van der Waals surface area contributed by atoms with Crippen LogP contribution in [0.25, 0.3) is 0 Å². The Morgan fingerprint density at radius 1 is 1.09 bits per heavy atom. The molecule has 0 bridgehead atoms. The zero-order chi connectivity index (χ0) is 15.8. The molecule has 1 aromatic carbocycles. The Labute approximate surface area is 132 Å². The molecule has 0 saturated heterocycles. The number of hydrogen-bond acceptors (Lipinski definition) is 4. The molecule has 0 aliphatic heterocycles. The number of anilines is 1. The lowest BCUT2D eigenvalue weighted by Crippen LogP contribution is -2.23. The van der Waals surface area contributed by atoms with Crippen molar-refractivity contribution in [3.63, 3.8) is 0 Å². The molecule has 2 aromatic rings. The molecule has 2 rings (SSSR count). The van der Waals surface area contributed by atoms with Gasteiger partial charge in [0.15, 0.2) is 0 Å². The van der Waals surface area contributed by atoms with Crippen LogP contribution in [0, 0.1) is 11.3 Å². The highest BCUT2D eigenvalue weighted by molar-refractivity contribution is 5.39. The molecule has 1 aromatic heterocycles. The van der Waals surface area contributed by atoms with Gasteiger partial charge < -0.3 is 10.2 Å². The quantitative estimate of drug-likeness (QED) is 0.852. The monoisotopic (exact) mass is 294 g/mol. The van der Waals surface area contributed by atoms with Gasteiger partial charge >= 0.3 is 0 Å². The third kappa shape index (κ3) is 4.31. The van der Waals surface area contributed by atoms with E-state index in [0.29, 0.717) is 5.56 Å². The van der Waals surface area contributed by atoms with Crippen molar-refractivity contribution >= 4 is 5.82 Å². The molecule has 0 unspecified atom stereocenters. The van der Waals surface area contributed by atoms with Gasteiger partial charge in [0.25, 0.3) is 0 Å². The van der Waals surface area contributed by atoms with Gasteiger partial charge in [-0.3, -0.25) is 0 Å². The number of hydrogen-bond donors (Lipinski definition) is 1. The normalized spacial score (nSPS) is 10.2. The Hall–Kier alpha value is -2.38. The lowest BCUT2D eigenvalue weighted by molar-refractivity contribution is 0.691. The Bertz CT molecular complexity index is 624. The highest BCUT2D eigenvalue weighted by Crippen LogP contribution is 2.11. The third-order valence-corrected chi connectivity index (χ3v) is 3.61. The topological polar surface area (TPSA) is 52.0 Å². The van der Waals surface area contributed by atoms with Crippen LogP contribution in [0.1, 0.15) is 30.5 Å². The van der Waals surface area contributed by atoms with E-state index in [9.17, 15) is 0 Å². The standard InChI is InChI=1S/C18H22N4/c1-3-22(4-2)18-9-8-17(14-21-18)13-20-12-16-7-5-6-15(10-16)11-19/h5-10,14,20H,3-4,12-13H2,1-2H3. The molecule has 0 aliphatic rings. The molecule has 0 aliphatic carbocycles. The molecule has 1 N–H and O–H groups in total. The number of nitriles is 1. The highest BCUT2D eigenvalue weighted by atomic mass is 15.2. The summed E-state index contributed by atoms with van der Waals surface area (Å²) in [6, 6.07) is 14.0. The summed E-state index contributed by atoms with van der Waals surface area (Å²) in [5, 5.41) is 12.3. The van der Waals surface area contributed by atoms with Crippen molar-refractivity contribution in [2.75, 3.05) is 18.0 Å². The fraction of sp³-hybridized carbons (Fsp3) is 0.333. The van der Waals surface area contributed by atoms with E-state index >= 15 is 0 Å². The second-order valence-electron chi connectivity index (χ2n) is 5.11. The molecule has 114 valence electrons. The van der Waals surface area contributed by atoms with E-state index in [1.165, 1.54) is 0 Å². The fourth-order valence-electron chi connectivity index (χ4n) is 2.36. The van der Waals surface area contributed by atoms with Gasteiger partial charge in [-0.2, -0.15) is 5.26 Å². The van der Waals surface area contributed by atoms with E-state index in [0.717, 1.165) is 43.1 Å². The lowest BCUT2D eigenvalue weighted by Gasteiger charge is -2.19. The molecule has 0 radical (unpaired) electrons. The molecule has 0 fully saturated rings. The van der Waals surface area contributed by atoms with Gasteiger partial charge in [-0.1, -0.05) is 18.2 Å². The summed E-state index contributed by atoms with van der Waals surface area (Å²) in [5.74, 6) is 1.02. The van der Waals surface area contributed by atoms with E-state index < -0.39 is 0 Å². The Morgan fingerprint density at radius 2 is 1.86 bits per heavy atom. The maximum absolute atomic E-state index is 8.89. The Kier molecular flexibility index (Phi) is 5.93. The van der Waals surface area contributed by atoms with Crippen LogP contribution < -0.4 is 10.2 Å². The number of nitrogens with zero attached hydrogens (tertiary/aromatic N) is 3.